The maximum atomic E-state index is 5.57. The summed E-state index contributed by atoms with van der Waals surface area (Å²) in [4.78, 5) is 6.16. The minimum absolute atomic E-state index is 0.0453. The first-order chi connectivity index (χ1) is 15.1. The zero-order chi connectivity index (χ0) is 22.1. The Morgan fingerprint density at radius 3 is 2.94 bits per heavy atom. The average molecular weight is 441 g/mol. The Morgan fingerprint density at radius 2 is 2.19 bits per heavy atom. The quantitative estimate of drug-likeness (QED) is 0.371. The van der Waals surface area contributed by atoms with Gasteiger partial charge in [0.15, 0.2) is 5.96 Å². The fraction of sp³-hybridized carbons (Fsp3) is 0.435. The van der Waals surface area contributed by atoms with Crippen molar-refractivity contribution in [3.63, 3.8) is 0 Å². The van der Waals surface area contributed by atoms with Crippen LogP contribution in [0.1, 0.15) is 41.7 Å². The maximum absolute atomic E-state index is 5.57. The lowest BCUT2D eigenvalue weighted by molar-refractivity contribution is 0.405. The van der Waals surface area contributed by atoms with Crippen molar-refractivity contribution in [2.45, 2.75) is 46.2 Å². The zero-order valence-corrected chi connectivity index (χ0v) is 19.6. The van der Waals surface area contributed by atoms with Gasteiger partial charge >= 0.3 is 0 Å². The van der Waals surface area contributed by atoms with Gasteiger partial charge in [-0.1, -0.05) is 30.7 Å². The molecule has 1 atom stereocenters. The van der Waals surface area contributed by atoms with E-state index in [2.05, 4.69) is 75.8 Å². The average Bonchev–Trinajstić information content (AvgIpc) is 3.45. The molecule has 0 aliphatic carbocycles. The van der Waals surface area contributed by atoms with E-state index in [1.54, 1.807) is 24.8 Å². The van der Waals surface area contributed by atoms with Crippen molar-refractivity contribution in [3.05, 3.63) is 63.9 Å². The SMILES string of the molecule is CCc1nncn1CCNC(=NCCc1cccs1)NC(C)c1cc(C)ccc1OC. The highest BCUT2D eigenvalue weighted by Gasteiger charge is 2.14. The fourth-order valence-corrected chi connectivity index (χ4v) is 4.09. The van der Waals surface area contributed by atoms with E-state index < -0.39 is 0 Å². The molecular formula is C23H32N6OS. The number of nitrogens with zero attached hydrogens (tertiary/aromatic N) is 4. The number of hydrogen-bond donors (Lipinski definition) is 2. The van der Waals surface area contributed by atoms with E-state index in [9.17, 15) is 0 Å². The monoisotopic (exact) mass is 440 g/mol. The molecule has 0 aliphatic heterocycles. The van der Waals surface area contributed by atoms with Crippen LogP contribution >= 0.6 is 11.3 Å². The van der Waals surface area contributed by atoms with Gasteiger partial charge in [-0.2, -0.15) is 0 Å². The molecular weight excluding hydrogens is 408 g/mol. The van der Waals surface area contributed by atoms with Crippen LogP contribution in [0.15, 0.2) is 47.0 Å². The second kappa shape index (κ2) is 11.5. The molecule has 3 rings (SSSR count). The van der Waals surface area contributed by atoms with E-state index in [1.807, 2.05) is 6.07 Å². The van der Waals surface area contributed by atoms with Gasteiger partial charge in [-0.05, 0) is 31.4 Å². The van der Waals surface area contributed by atoms with Crippen LogP contribution in [-0.2, 0) is 19.4 Å². The van der Waals surface area contributed by atoms with Crippen LogP contribution in [0.3, 0.4) is 0 Å². The molecule has 1 unspecified atom stereocenters. The molecule has 0 radical (unpaired) electrons. The highest BCUT2D eigenvalue weighted by molar-refractivity contribution is 7.09. The summed E-state index contributed by atoms with van der Waals surface area (Å²) < 4.78 is 7.65. The topological polar surface area (TPSA) is 76.4 Å². The van der Waals surface area contributed by atoms with Crippen molar-refractivity contribution < 1.29 is 4.74 Å². The number of aryl methyl sites for hydroxylation is 2. The third kappa shape index (κ3) is 6.55. The van der Waals surface area contributed by atoms with Crippen LogP contribution in [0, 0.1) is 6.92 Å². The molecule has 8 heteroatoms. The first-order valence-electron chi connectivity index (χ1n) is 10.7. The molecule has 0 saturated heterocycles. The molecule has 0 bridgehead atoms. The summed E-state index contributed by atoms with van der Waals surface area (Å²) in [6.45, 7) is 8.54. The number of hydrogen-bond acceptors (Lipinski definition) is 5. The minimum Gasteiger partial charge on any atom is -0.496 e. The van der Waals surface area contributed by atoms with Crippen molar-refractivity contribution in [1.82, 2.24) is 25.4 Å². The second-order valence-electron chi connectivity index (χ2n) is 7.39. The summed E-state index contributed by atoms with van der Waals surface area (Å²) in [7, 11) is 1.71. The Labute approximate surface area is 188 Å². The molecule has 2 aromatic heterocycles. The summed E-state index contributed by atoms with van der Waals surface area (Å²) >= 11 is 1.77. The first kappa shape index (κ1) is 22.8. The molecule has 0 aliphatic rings. The van der Waals surface area contributed by atoms with Crippen molar-refractivity contribution >= 4 is 17.3 Å². The number of thiophene rings is 1. The van der Waals surface area contributed by atoms with Gasteiger partial charge in [0.2, 0.25) is 0 Å². The lowest BCUT2D eigenvalue weighted by atomic mass is 10.0. The summed E-state index contributed by atoms with van der Waals surface area (Å²) in [6, 6.07) is 10.5. The number of aromatic nitrogens is 3. The smallest absolute Gasteiger partial charge is 0.191 e. The third-order valence-electron chi connectivity index (χ3n) is 5.07. The van der Waals surface area contributed by atoms with Crippen molar-refractivity contribution in [1.29, 1.82) is 0 Å². The van der Waals surface area contributed by atoms with Crippen molar-refractivity contribution in [2.24, 2.45) is 4.99 Å². The molecule has 3 aromatic rings. The Morgan fingerprint density at radius 1 is 1.32 bits per heavy atom. The van der Waals surface area contributed by atoms with Crippen LogP contribution in [0.5, 0.6) is 5.75 Å². The molecule has 0 spiro atoms. The normalized spacial score (nSPS) is 12.6. The Bertz CT molecular complexity index is 966. The number of rotatable bonds is 10. The van der Waals surface area contributed by atoms with E-state index in [-0.39, 0.29) is 6.04 Å². The van der Waals surface area contributed by atoms with E-state index in [0.29, 0.717) is 0 Å². The highest BCUT2D eigenvalue weighted by Crippen LogP contribution is 2.26. The van der Waals surface area contributed by atoms with Crippen LogP contribution < -0.4 is 15.4 Å². The molecule has 1 aromatic carbocycles. The number of nitrogens with one attached hydrogen (secondary N) is 2. The van der Waals surface area contributed by atoms with Gasteiger partial charge in [-0.3, -0.25) is 4.99 Å². The molecule has 2 N–H and O–H groups in total. The number of ether oxygens (including phenoxy) is 1. The van der Waals surface area contributed by atoms with E-state index in [0.717, 1.165) is 55.6 Å². The predicted octanol–water partition coefficient (Wildman–Crippen LogP) is 3.76. The highest BCUT2D eigenvalue weighted by atomic mass is 32.1. The minimum atomic E-state index is 0.0453. The van der Waals surface area contributed by atoms with Gasteiger partial charge in [-0.15, -0.1) is 21.5 Å². The summed E-state index contributed by atoms with van der Waals surface area (Å²) in [5.74, 6) is 2.66. The number of methoxy groups -OCH3 is 1. The molecule has 0 amide bonds. The van der Waals surface area contributed by atoms with Crippen LogP contribution in [0.4, 0.5) is 0 Å². The van der Waals surface area contributed by atoms with Gasteiger partial charge in [0.25, 0.3) is 0 Å². The number of guanidine groups is 1. The zero-order valence-electron chi connectivity index (χ0n) is 18.8. The second-order valence-corrected chi connectivity index (χ2v) is 8.42. The predicted molar refractivity (Wildman–Crippen MR) is 127 cm³/mol. The van der Waals surface area contributed by atoms with Crippen LogP contribution in [0.2, 0.25) is 0 Å². The molecule has 0 fully saturated rings. The number of aliphatic imine (C=N–C) groups is 1. The van der Waals surface area contributed by atoms with Gasteiger partial charge in [0.1, 0.15) is 17.9 Å². The molecule has 31 heavy (non-hydrogen) atoms. The van der Waals surface area contributed by atoms with Crippen molar-refractivity contribution in [2.75, 3.05) is 20.2 Å². The van der Waals surface area contributed by atoms with E-state index in [4.69, 9.17) is 9.73 Å². The number of benzene rings is 1. The maximum Gasteiger partial charge on any atom is 0.191 e. The largest absolute Gasteiger partial charge is 0.496 e. The van der Waals surface area contributed by atoms with Gasteiger partial charge in [-0.25, -0.2) is 0 Å². The summed E-state index contributed by atoms with van der Waals surface area (Å²) in [5, 5.41) is 17.3. The standard InChI is InChI=1S/C23H32N6OS/c1-5-22-28-26-16-29(22)13-12-25-23(24-11-10-19-7-6-14-31-19)27-18(3)20-15-17(2)8-9-21(20)30-4/h6-9,14-16,18H,5,10-13H2,1-4H3,(H2,24,25,27). The first-order valence-corrected chi connectivity index (χ1v) is 11.6. The van der Waals surface area contributed by atoms with Gasteiger partial charge < -0.3 is 19.9 Å². The Hall–Kier alpha value is -2.87. The molecule has 166 valence electrons. The van der Waals surface area contributed by atoms with Crippen LogP contribution in [0.25, 0.3) is 0 Å². The van der Waals surface area contributed by atoms with Crippen molar-refractivity contribution in [3.8, 4) is 5.75 Å². The molecule has 0 saturated carbocycles. The summed E-state index contributed by atoms with van der Waals surface area (Å²) in [5.41, 5.74) is 2.32. The molecule has 7 nitrogen and oxygen atoms in total. The van der Waals surface area contributed by atoms with E-state index in [1.165, 1.54) is 10.4 Å². The Balaban J connectivity index is 1.67. The van der Waals surface area contributed by atoms with Gasteiger partial charge in [0.05, 0.1) is 13.2 Å². The van der Waals surface area contributed by atoms with Crippen LogP contribution in [-0.4, -0.2) is 40.9 Å². The van der Waals surface area contributed by atoms with Gasteiger partial charge in [0, 0.05) is 42.9 Å². The Kier molecular flexibility index (Phi) is 8.46. The third-order valence-corrected chi connectivity index (χ3v) is 6.01. The fourth-order valence-electron chi connectivity index (χ4n) is 3.39. The summed E-state index contributed by atoms with van der Waals surface area (Å²) in [6.07, 6.45) is 3.57. The lowest BCUT2D eigenvalue weighted by Crippen LogP contribution is -2.40. The van der Waals surface area contributed by atoms with E-state index >= 15 is 0 Å². The molecule has 2 heterocycles. The lowest BCUT2D eigenvalue weighted by Gasteiger charge is -2.21.